The summed E-state index contributed by atoms with van der Waals surface area (Å²) in [7, 11) is 0. The summed E-state index contributed by atoms with van der Waals surface area (Å²) in [6, 6.07) is 7.84. The Balaban J connectivity index is 1.89. The van der Waals surface area contributed by atoms with Gasteiger partial charge in [0.05, 0.1) is 11.2 Å². The van der Waals surface area contributed by atoms with Crippen molar-refractivity contribution in [2.75, 3.05) is 0 Å². The number of hydrogen-bond acceptors (Lipinski definition) is 3. The van der Waals surface area contributed by atoms with Gasteiger partial charge in [0.1, 0.15) is 5.01 Å². The van der Waals surface area contributed by atoms with E-state index in [0.717, 1.165) is 34.1 Å². The quantitative estimate of drug-likeness (QED) is 0.795. The van der Waals surface area contributed by atoms with Crippen LogP contribution < -0.4 is 5.73 Å². The first-order chi connectivity index (χ1) is 9.67. The second-order valence-corrected chi connectivity index (χ2v) is 6.91. The predicted molar refractivity (Wildman–Crippen MR) is 86.1 cm³/mol. The van der Waals surface area contributed by atoms with E-state index in [1.54, 1.807) is 11.3 Å². The van der Waals surface area contributed by atoms with Crippen LogP contribution in [0.5, 0.6) is 0 Å². The average Bonchev–Trinajstić information content (AvgIpc) is 2.84. The maximum atomic E-state index is 6.62. The molecule has 0 saturated heterocycles. The van der Waals surface area contributed by atoms with E-state index in [-0.39, 0.29) is 5.54 Å². The van der Waals surface area contributed by atoms with Crippen LogP contribution >= 0.6 is 22.9 Å². The predicted octanol–water partition coefficient (Wildman–Crippen LogP) is 4.97. The lowest BCUT2D eigenvalue weighted by Gasteiger charge is -2.25. The average molecular weight is 307 g/mol. The molecule has 1 aromatic heterocycles. The van der Waals surface area contributed by atoms with Gasteiger partial charge in [0, 0.05) is 16.0 Å². The molecule has 0 radical (unpaired) electrons. The van der Waals surface area contributed by atoms with E-state index >= 15 is 0 Å². The van der Waals surface area contributed by atoms with Gasteiger partial charge in [-0.2, -0.15) is 0 Å². The van der Waals surface area contributed by atoms with E-state index in [2.05, 4.69) is 5.38 Å². The summed E-state index contributed by atoms with van der Waals surface area (Å²) < 4.78 is 0. The lowest BCUT2D eigenvalue weighted by Crippen LogP contribution is -2.35. The Labute approximate surface area is 129 Å². The van der Waals surface area contributed by atoms with Gasteiger partial charge >= 0.3 is 0 Å². The third-order valence-corrected chi connectivity index (χ3v) is 5.34. The zero-order chi connectivity index (χ0) is 14.0. The highest BCUT2D eigenvalue weighted by Gasteiger charge is 2.31. The Bertz CT molecular complexity index is 586. The number of rotatable bonds is 2. The molecular formula is C16H19ClN2S. The van der Waals surface area contributed by atoms with Crippen LogP contribution in [0.1, 0.15) is 43.5 Å². The van der Waals surface area contributed by atoms with Crippen LogP contribution in [0.3, 0.4) is 0 Å². The molecular weight excluding hydrogens is 288 g/mol. The van der Waals surface area contributed by atoms with Crippen LogP contribution in [0, 0.1) is 0 Å². The molecule has 2 nitrogen and oxygen atoms in total. The zero-order valence-electron chi connectivity index (χ0n) is 11.4. The molecule has 1 aliphatic rings. The fraction of sp³-hybridized carbons (Fsp3) is 0.438. The molecule has 1 fully saturated rings. The van der Waals surface area contributed by atoms with Crippen LogP contribution in [0.2, 0.25) is 5.02 Å². The molecule has 1 saturated carbocycles. The van der Waals surface area contributed by atoms with Crippen molar-refractivity contribution in [3.63, 3.8) is 0 Å². The Morgan fingerprint density at radius 2 is 1.90 bits per heavy atom. The second-order valence-electron chi connectivity index (χ2n) is 5.62. The van der Waals surface area contributed by atoms with Crippen LogP contribution in [-0.2, 0) is 5.54 Å². The van der Waals surface area contributed by atoms with Crippen molar-refractivity contribution < 1.29 is 0 Å². The normalized spacial score (nSPS) is 18.7. The first kappa shape index (κ1) is 14.1. The Hall–Kier alpha value is -0.900. The molecule has 2 aromatic rings. The number of benzene rings is 1. The lowest BCUT2D eigenvalue weighted by molar-refractivity contribution is 0.384. The summed E-state index contributed by atoms with van der Waals surface area (Å²) in [5, 5.41) is 3.92. The fourth-order valence-corrected chi connectivity index (χ4v) is 4.05. The third kappa shape index (κ3) is 2.90. The van der Waals surface area contributed by atoms with Crippen molar-refractivity contribution >= 4 is 22.9 Å². The topological polar surface area (TPSA) is 38.9 Å². The highest BCUT2D eigenvalue weighted by Crippen LogP contribution is 2.37. The smallest absolute Gasteiger partial charge is 0.113 e. The number of nitrogens with zero attached hydrogens (tertiary/aromatic N) is 1. The number of nitrogens with two attached hydrogens (primary N) is 1. The van der Waals surface area contributed by atoms with Gasteiger partial charge in [-0.25, -0.2) is 4.98 Å². The first-order valence-electron chi connectivity index (χ1n) is 7.18. The summed E-state index contributed by atoms with van der Waals surface area (Å²) in [6.45, 7) is 0. The molecule has 4 heteroatoms. The van der Waals surface area contributed by atoms with E-state index in [0.29, 0.717) is 0 Å². The molecule has 0 spiro atoms. The van der Waals surface area contributed by atoms with Crippen LogP contribution in [0.4, 0.5) is 0 Å². The van der Waals surface area contributed by atoms with Crippen LogP contribution in [0.15, 0.2) is 29.6 Å². The molecule has 3 rings (SSSR count). The zero-order valence-corrected chi connectivity index (χ0v) is 13.0. The van der Waals surface area contributed by atoms with Gasteiger partial charge in [0.25, 0.3) is 0 Å². The van der Waals surface area contributed by atoms with Gasteiger partial charge in [0.15, 0.2) is 0 Å². The van der Waals surface area contributed by atoms with Crippen molar-refractivity contribution in [1.29, 1.82) is 0 Å². The molecule has 2 N–H and O–H groups in total. The Morgan fingerprint density at radius 3 is 2.60 bits per heavy atom. The van der Waals surface area contributed by atoms with Gasteiger partial charge in [0.2, 0.25) is 0 Å². The van der Waals surface area contributed by atoms with Crippen molar-refractivity contribution in [3.05, 3.63) is 39.7 Å². The van der Waals surface area contributed by atoms with E-state index in [9.17, 15) is 0 Å². The molecule has 1 aliphatic carbocycles. The SMILES string of the molecule is NC1(c2nc(-c3cccc(Cl)c3)cs2)CCCCCC1. The summed E-state index contributed by atoms with van der Waals surface area (Å²) in [5.41, 5.74) is 8.45. The van der Waals surface area contributed by atoms with Crippen molar-refractivity contribution in [2.45, 2.75) is 44.1 Å². The highest BCUT2D eigenvalue weighted by atomic mass is 35.5. The van der Waals surface area contributed by atoms with Crippen LogP contribution in [-0.4, -0.2) is 4.98 Å². The van der Waals surface area contributed by atoms with E-state index in [1.165, 1.54) is 25.7 Å². The maximum absolute atomic E-state index is 6.62. The summed E-state index contributed by atoms with van der Waals surface area (Å²) >= 11 is 7.74. The number of aromatic nitrogens is 1. The molecule has 106 valence electrons. The number of hydrogen-bond donors (Lipinski definition) is 1. The molecule has 1 aromatic carbocycles. The van der Waals surface area contributed by atoms with Gasteiger partial charge in [-0.15, -0.1) is 11.3 Å². The van der Waals surface area contributed by atoms with Crippen molar-refractivity contribution in [2.24, 2.45) is 5.73 Å². The molecule has 0 unspecified atom stereocenters. The number of thiazole rings is 1. The van der Waals surface area contributed by atoms with E-state index < -0.39 is 0 Å². The summed E-state index contributed by atoms with van der Waals surface area (Å²) in [4.78, 5) is 4.79. The lowest BCUT2D eigenvalue weighted by atomic mass is 9.92. The highest BCUT2D eigenvalue weighted by molar-refractivity contribution is 7.10. The van der Waals surface area contributed by atoms with Crippen molar-refractivity contribution in [3.8, 4) is 11.3 Å². The third-order valence-electron chi connectivity index (χ3n) is 4.05. The largest absolute Gasteiger partial charge is 0.319 e. The van der Waals surface area contributed by atoms with Gasteiger partial charge in [-0.1, -0.05) is 49.4 Å². The fourth-order valence-electron chi connectivity index (χ4n) is 2.86. The Kier molecular flexibility index (Phi) is 4.11. The Morgan fingerprint density at radius 1 is 1.15 bits per heavy atom. The summed E-state index contributed by atoms with van der Waals surface area (Å²) in [6.07, 6.45) is 7.12. The first-order valence-corrected chi connectivity index (χ1v) is 8.44. The summed E-state index contributed by atoms with van der Waals surface area (Å²) in [5.74, 6) is 0. The molecule has 0 atom stereocenters. The van der Waals surface area contributed by atoms with E-state index in [4.69, 9.17) is 22.3 Å². The maximum Gasteiger partial charge on any atom is 0.113 e. The monoisotopic (exact) mass is 306 g/mol. The number of halogens is 1. The standard InChI is InChI=1S/C16H19ClN2S/c17-13-7-5-6-12(10-13)14-11-20-15(19-14)16(18)8-3-1-2-4-9-16/h5-7,10-11H,1-4,8-9,18H2. The molecule has 1 heterocycles. The minimum Gasteiger partial charge on any atom is -0.319 e. The van der Waals surface area contributed by atoms with E-state index in [1.807, 2.05) is 24.3 Å². The van der Waals surface area contributed by atoms with Crippen molar-refractivity contribution in [1.82, 2.24) is 4.98 Å². The second kappa shape index (κ2) is 5.84. The minimum atomic E-state index is -0.224. The van der Waals surface area contributed by atoms with Crippen LogP contribution in [0.25, 0.3) is 11.3 Å². The van der Waals surface area contributed by atoms with Gasteiger partial charge in [-0.05, 0) is 25.0 Å². The molecule has 0 bridgehead atoms. The molecule has 20 heavy (non-hydrogen) atoms. The van der Waals surface area contributed by atoms with Gasteiger partial charge < -0.3 is 5.73 Å². The van der Waals surface area contributed by atoms with Gasteiger partial charge in [-0.3, -0.25) is 0 Å². The minimum absolute atomic E-state index is 0.224. The molecule has 0 amide bonds. The molecule has 0 aliphatic heterocycles.